The van der Waals surface area contributed by atoms with E-state index in [1.54, 1.807) is 24.3 Å². The number of carbonyl (C=O) groups excluding carboxylic acids is 1. The molecule has 6 rings (SSSR count). The molecule has 8 nitrogen and oxygen atoms in total. The van der Waals surface area contributed by atoms with Crippen LogP contribution in [0, 0.1) is 16.9 Å². The number of pyridine rings is 1. The number of amides is 1. The highest BCUT2D eigenvalue weighted by Gasteiger charge is 2.26. The molecule has 1 aliphatic rings. The van der Waals surface area contributed by atoms with E-state index < -0.39 is 5.82 Å². The number of fused-ring (bicyclic) bond motifs is 4. The average Bonchev–Trinajstić information content (AvgIpc) is 3.51. The molecule has 0 radical (unpaired) electrons. The van der Waals surface area contributed by atoms with Gasteiger partial charge < -0.3 is 10.5 Å². The predicted octanol–water partition coefficient (Wildman–Crippen LogP) is 6.31. The Morgan fingerprint density at radius 1 is 1.02 bits per heavy atom. The lowest BCUT2D eigenvalue weighted by molar-refractivity contribution is -0.614. The summed E-state index contributed by atoms with van der Waals surface area (Å²) in [6, 6.07) is 21.1. The van der Waals surface area contributed by atoms with Crippen LogP contribution in [0.5, 0.6) is 0 Å². The molecule has 2 bridgehead atoms. The van der Waals surface area contributed by atoms with Crippen LogP contribution in [0.15, 0.2) is 85.3 Å². The minimum atomic E-state index is -0.393. The normalized spacial score (nSPS) is 17.2. The maximum Gasteiger partial charge on any atom is 0.227 e. The zero-order chi connectivity index (χ0) is 28.5. The fourth-order valence-corrected chi connectivity index (χ4v) is 5.59. The molecule has 10 heteroatoms. The molecule has 2 atom stereocenters. The second-order valence-corrected chi connectivity index (χ2v) is 10.7. The summed E-state index contributed by atoms with van der Waals surface area (Å²) >= 11 is 6.32. The molecule has 3 aromatic carbocycles. The van der Waals surface area contributed by atoms with Crippen molar-refractivity contribution >= 4 is 23.2 Å². The van der Waals surface area contributed by atoms with Crippen molar-refractivity contribution in [3.05, 3.63) is 113 Å². The Morgan fingerprint density at radius 3 is 2.71 bits per heavy atom. The van der Waals surface area contributed by atoms with Crippen molar-refractivity contribution in [2.45, 2.75) is 32.1 Å². The van der Waals surface area contributed by atoms with Gasteiger partial charge in [-0.05, 0) is 76.9 Å². The summed E-state index contributed by atoms with van der Waals surface area (Å²) in [5, 5.41) is 28.6. The topological polar surface area (TPSA) is 99.6 Å². The number of tetrazole rings is 1. The fraction of sp³-hybridized carbons (Fsp3) is 0.194. The molecule has 0 aliphatic carbocycles. The van der Waals surface area contributed by atoms with Crippen molar-refractivity contribution < 1.29 is 13.9 Å². The average molecular weight is 569 g/mol. The number of aromatic nitrogens is 5. The first-order valence-corrected chi connectivity index (χ1v) is 13.7. The summed E-state index contributed by atoms with van der Waals surface area (Å²) < 4.78 is 16.7. The Hall–Kier alpha value is -4.63. The predicted molar refractivity (Wildman–Crippen MR) is 154 cm³/mol. The summed E-state index contributed by atoms with van der Waals surface area (Å²) in [7, 11) is 0. The van der Waals surface area contributed by atoms with Crippen LogP contribution in [0.25, 0.3) is 27.9 Å². The molecule has 5 aromatic rings. The SMILES string of the molecule is C[C@H]1CCC[C@H](c2ccc(-c3cc(Cl)ccc3-n3cnnn3)c[n+]2[O-])c2cccc(c2)-c2cc(F)ccc2NC1=O. The van der Waals surface area contributed by atoms with Crippen molar-refractivity contribution in [1.29, 1.82) is 0 Å². The van der Waals surface area contributed by atoms with Crippen molar-refractivity contribution in [2.24, 2.45) is 5.92 Å². The van der Waals surface area contributed by atoms with Gasteiger partial charge in [0.25, 0.3) is 0 Å². The second-order valence-electron chi connectivity index (χ2n) is 10.3. The standard InChI is InChI=1S/C31H26ClFN6O2/c1-19-4-2-7-25(20-5-3-6-21(14-20)26-16-24(33)10-11-28(26)35-31(19)40)30-12-8-22(17-39(30)41)27-15-23(32)9-13-29(27)38-18-34-36-37-38/h3,5-6,8-19,25H,2,4,7H2,1H3,(H,35,40)/t19-,25-/m0/s1. The van der Waals surface area contributed by atoms with E-state index in [1.165, 1.54) is 29.3 Å². The van der Waals surface area contributed by atoms with Gasteiger partial charge in [0.1, 0.15) is 12.1 Å². The number of anilines is 1. The molecule has 2 aromatic heterocycles. The molecule has 1 amide bonds. The monoisotopic (exact) mass is 568 g/mol. The van der Waals surface area contributed by atoms with Crippen LogP contribution in [0.1, 0.15) is 43.4 Å². The molecule has 1 aliphatic heterocycles. The van der Waals surface area contributed by atoms with Gasteiger partial charge in [0.15, 0.2) is 11.9 Å². The largest absolute Gasteiger partial charge is 0.618 e. The van der Waals surface area contributed by atoms with E-state index in [-0.39, 0.29) is 17.7 Å². The van der Waals surface area contributed by atoms with E-state index in [2.05, 4.69) is 20.8 Å². The van der Waals surface area contributed by atoms with Gasteiger partial charge in [-0.15, -0.1) is 5.10 Å². The fourth-order valence-electron chi connectivity index (χ4n) is 5.42. The van der Waals surface area contributed by atoms with Crippen molar-refractivity contribution in [3.8, 4) is 27.9 Å². The molecule has 206 valence electrons. The molecular weight excluding hydrogens is 543 g/mol. The molecule has 0 fully saturated rings. The third kappa shape index (κ3) is 5.40. The lowest BCUT2D eigenvalue weighted by Gasteiger charge is -2.22. The highest BCUT2D eigenvalue weighted by Crippen LogP contribution is 2.36. The van der Waals surface area contributed by atoms with Gasteiger partial charge in [0, 0.05) is 39.4 Å². The molecule has 0 spiro atoms. The van der Waals surface area contributed by atoms with Crippen LogP contribution in [0.2, 0.25) is 5.02 Å². The van der Waals surface area contributed by atoms with Crippen LogP contribution < -0.4 is 10.0 Å². The van der Waals surface area contributed by atoms with Gasteiger partial charge in [-0.1, -0.05) is 49.2 Å². The van der Waals surface area contributed by atoms with Gasteiger partial charge in [-0.3, -0.25) is 4.79 Å². The highest BCUT2D eigenvalue weighted by atomic mass is 35.5. The van der Waals surface area contributed by atoms with Crippen molar-refractivity contribution in [1.82, 2.24) is 20.2 Å². The number of rotatable bonds is 3. The van der Waals surface area contributed by atoms with Crippen LogP contribution >= 0.6 is 11.6 Å². The number of hydrogen-bond donors (Lipinski definition) is 1. The Kier molecular flexibility index (Phi) is 7.19. The van der Waals surface area contributed by atoms with E-state index in [9.17, 15) is 14.4 Å². The minimum Gasteiger partial charge on any atom is -0.618 e. The Morgan fingerprint density at radius 2 is 1.90 bits per heavy atom. The van der Waals surface area contributed by atoms with Crippen LogP contribution in [-0.2, 0) is 4.79 Å². The van der Waals surface area contributed by atoms with Gasteiger partial charge in [-0.25, -0.2) is 4.39 Å². The smallest absolute Gasteiger partial charge is 0.227 e. The Bertz CT molecular complexity index is 1740. The summed E-state index contributed by atoms with van der Waals surface area (Å²) in [6.07, 6.45) is 5.06. The maximum atomic E-state index is 14.3. The summed E-state index contributed by atoms with van der Waals surface area (Å²) in [4.78, 5) is 12.9. The Balaban J connectivity index is 1.44. The maximum absolute atomic E-state index is 14.3. The van der Waals surface area contributed by atoms with Crippen LogP contribution in [0.4, 0.5) is 10.1 Å². The molecular formula is C31H26ClFN6O2. The Labute approximate surface area is 241 Å². The zero-order valence-corrected chi connectivity index (χ0v) is 22.9. The van der Waals surface area contributed by atoms with E-state index in [0.29, 0.717) is 51.6 Å². The summed E-state index contributed by atoms with van der Waals surface area (Å²) in [5.74, 6) is -1.00. The zero-order valence-electron chi connectivity index (χ0n) is 22.2. The van der Waals surface area contributed by atoms with E-state index >= 15 is 0 Å². The highest BCUT2D eigenvalue weighted by molar-refractivity contribution is 6.31. The van der Waals surface area contributed by atoms with E-state index in [4.69, 9.17) is 11.6 Å². The molecule has 0 saturated heterocycles. The molecule has 1 N–H and O–H groups in total. The van der Waals surface area contributed by atoms with Gasteiger partial charge >= 0.3 is 0 Å². The summed E-state index contributed by atoms with van der Waals surface area (Å²) in [6.45, 7) is 1.88. The number of halogens is 2. The third-order valence-electron chi connectivity index (χ3n) is 7.58. The van der Waals surface area contributed by atoms with Gasteiger partial charge in [0.2, 0.25) is 5.91 Å². The first kappa shape index (κ1) is 26.6. The first-order valence-electron chi connectivity index (χ1n) is 13.3. The third-order valence-corrected chi connectivity index (χ3v) is 7.82. The molecule has 0 saturated carbocycles. The minimum absolute atomic E-state index is 0.116. The summed E-state index contributed by atoms with van der Waals surface area (Å²) in [5.41, 5.74) is 5.47. The molecule has 41 heavy (non-hydrogen) atoms. The number of benzene rings is 3. The second kappa shape index (κ2) is 11.1. The lowest BCUT2D eigenvalue weighted by Crippen LogP contribution is -2.34. The van der Waals surface area contributed by atoms with E-state index in [0.717, 1.165) is 22.3 Å². The van der Waals surface area contributed by atoms with E-state index in [1.807, 2.05) is 43.3 Å². The number of carbonyl (C=O) groups is 1. The van der Waals surface area contributed by atoms with Gasteiger partial charge in [-0.2, -0.15) is 9.41 Å². The lowest BCUT2D eigenvalue weighted by atomic mass is 9.86. The number of nitrogens with one attached hydrogen (secondary N) is 1. The van der Waals surface area contributed by atoms with Crippen molar-refractivity contribution in [3.63, 3.8) is 0 Å². The van der Waals surface area contributed by atoms with Crippen LogP contribution in [-0.4, -0.2) is 26.1 Å². The number of nitrogens with zero attached hydrogens (tertiary/aromatic N) is 5. The van der Waals surface area contributed by atoms with Crippen molar-refractivity contribution in [2.75, 3.05) is 5.32 Å². The van der Waals surface area contributed by atoms with Crippen LogP contribution in [0.3, 0.4) is 0 Å². The first-order chi connectivity index (χ1) is 19.9. The quantitative estimate of drug-likeness (QED) is 0.203. The number of hydrogen-bond acceptors (Lipinski definition) is 5. The van der Waals surface area contributed by atoms with Gasteiger partial charge in [0.05, 0.1) is 11.6 Å². The molecule has 3 heterocycles. The molecule has 0 unspecified atom stereocenters.